The van der Waals surface area contributed by atoms with Gasteiger partial charge >= 0.3 is 0 Å². The standard InChI is InChI=1S/C29H30N6O2/c1-3-6-26-29-32-25(24-7-4-5-8-27(24)37-2)19-33(29)13-14-35(26)28(36)15-23-17-31-20-34(23)18-22-11-9-21(16-30)10-12-22/h4-5,7-12,17,19-20,26H,3,6,13-15,18H2,1-2H3/t26-/m0/s1. The maximum absolute atomic E-state index is 13.6. The average Bonchev–Trinajstić information content (AvgIpc) is 3.56. The van der Waals surface area contributed by atoms with Crippen LogP contribution < -0.4 is 4.74 Å². The minimum absolute atomic E-state index is 0.0770. The molecule has 1 aliphatic heterocycles. The van der Waals surface area contributed by atoms with Crippen LogP contribution in [0.15, 0.2) is 67.3 Å². The highest BCUT2D eigenvalue weighted by Gasteiger charge is 2.33. The molecule has 0 saturated heterocycles. The van der Waals surface area contributed by atoms with Crippen molar-refractivity contribution in [2.75, 3.05) is 13.7 Å². The summed E-state index contributed by atoms with van der Waals surface area (Å²) in [7, 11) is 1.67. The number of para-hydroxylation sites is 1. The molecule has 5 rings (SSSR count). The Balaban J connectivity index is 1.36. The molecule has 2 aromatic carbocycles. The van der Waals surface area contributed by atoms with Crippen molar-refractivity contribution in [2.24, 2.45) is 0 Å². The lowest BCUT2D eigenvalue weighted by atomic mass is 10.1. The van der Waals surface area contributed by atoms with Crippen LogP contribution in [0.5, 0.6) is 5.75 Å². The van der Waals surface area contributed by atoms with E-state index in [1.54, 1.807) is 19.6 Å². The van der Waals surface area contributed by atoms with E-state index in [0.717, 1.165) is 46.9 Å². The molecule has 0 saturated carbocycles. The van der Waals surface area contributed by atoms with Crippen LogP contribution in [0.4, 0.5) is 0 Å². The number of aromatic nitrogens is 4. The number of carbonyl (C=O) groups is 1. The van der Waals surface area contributed by atoms with Gasteiger partial charge in [-0.2, -0.15) is 5.26 Å². The molecule has 1 aliphatic rings. The molecule has 3 heterocycles. The van der Waals surface area contributed by atoms with Crippen molar-refractivity contribution < 1.29 is 9.53 Å². The number of methoxy groups -OCH3 is 1. The predicted molar refractivity (Wildman–Crippen MR) is 140 cm³/mol. The first kappa shape index (κ1) is 24.3. The van der Waals surface area contributed by atoms with E-state index in [1.807, 2.05) is 58.0 Å². The average molecular weight is 495 g/mol. The van der Waals surface area contributed by atoms with E-state index in [9.17, 15) is 4.79 Å². The van der Waals surface area contributed by atoms with Gasteiger partial charge in [-0.05, 0) is 36.2 Å². The Labute approximate surface area is 216 Å². The van der Waals surface area contributed by atoms with Gasteiger partial charge in [-0.1, -0.05) is 37.6 Å². The summed E-state index contributed by atoms with van der Waals surface area (Å²) < 4.78 is 9.73. The van der Waals surface area contributed by atoms with Crippen LogP contribution in [0.3, 0.4) is 0 Å². The molecule has 0 radical (unpaired) electrons. The smallest absolute Gasteiger partial charge is 0.229 e. The van der Waals surface area contributed by atoms with Crippen LogP contribution in [0, 0.1) is 11.3 Å². The van der Waals surface area contributed by atoms with Gasteiger partial charge in [0.1, 0.15) is 11.6 Å². The topological polar surface area (TPSA) is 89.0 Å². The summed E-state index contributed by atoms with van der Waals surface area (Å²) in [5.74, 6) is 1.79. The van der Waals surface area contributed by atoms with Gasteiger partial charge in [0.25, 0.3) is 0 Å². The van der Waals surface area contributed by atoms with Crippen LogP contribution >= 0.6 is 0 Å². The highest BCUT2D eigenvalue weighted by molar-refractivity contribution is 5.79. The molecular weight excluding hydrogens is 464 g/mol. The summed E-state index contributed by atoms with van der Waals surface area (Å²) in [6, 6.07) is 17.4. The second-order valence-electron chi connectivity index (χ2n) is 9.27. The first-order chi connectivity index (χ1) is 18.1. The van der Waals surface area contributed by atoms with Crippen LogP contribution in [0.2, 0.25) is 0 Å². The predicted octanol–water partition coefficient (Wildman–Crippen LogP) is 4.60. The molecule has 37 heavy (non-hydrogen) atoms. The zero-order valence-corrected chi connectivity index (χ0v) is 21.2. The van der Waals surface area contributed by atoms with Crippen molar-refractivity contribution in [3.05, 3.63) is 89.9 Å². The fourth-order valence-corrected chi connectivity index (χ4v) is 5.00. The number of rotatable bonds is 8. The van der Waals surface area contributed by atoms with Crippen LogP contribution in [-0.2, 0) is 24.3 Å². The molecule has 4 aromatic rings. The van der Waals surface area contributed by atoms with Gasteiger partial charge in [0.2, 0.25) is 5.91 Å². The molecule has 0 fully saturated rings. The number of imidazole rings is 2. The summed E-state index contributed by atoms with van der Waals surface area (Å²) in [6.07, 6.45) is 7.66. The normalized spacial score (nSPS) is 14.7. The number of benzene rings is 2. The van der Waals surface area contributed by atoms with Crippen LogP contribution in [0.1, 0.15) is 48.5 Å². The van der Waals surface area contributed by atoms with Gasteiger partial charge < -0.3 is 18.8 Å². The van der Waals surface area contributed by atoms with Crippen LogP contribution in [-0.4, -0.2) is 43.6 Å². The highest BCUT2D eigenvalue weighted by Crippen LogP contribution is 2.35. The number of hydrogen-bond donors (Lipinski definition) is 0. The van der Waals surface area contributed by atoms with Gasteiger partial charge in [0.05, 0.1) is 43.2 Å². The Bertz CT molecular complexity index is 1430. The van der Waals surface area contributed by atoms with Crippen molar-refractivity contribution in [2.45, 2.75) is 45.3 Å². The Morgan fingerprint density at radius 3 is 2.73 bits per heavy atom. The molecule has 1 amide bonds. The van der Waals surface area contributed by atoms with E-state index in [4.69, 9.17) is 15.0 Å². The second-order valence-corrected chi connectivity index (χ2v) is 9.27. The molecule has 0 unspecified atom stereocenters. The number of nitriles is 1. The van der Waals surface area contributed by atoms with Crippen molar-refractivity contribution in [1.29, 1.82) is 5.26 Å². The SMILES string of the molecule is CCC[C@H]1c2nc(-c3ccccc3OC)cn2CCN1C(=O)Cc1cncn1Cc1ccc(C#N)cc1. The molecule has 8 nitrogen and oxygen atoms in total. The van der Waals surface area contributed by atoms with Crippen LogP contribution in [0.25, 0.3) is 11.3 Å². The summed E-state index contributed by atoms with van der Waals surface area (Å²) in [5, 5.41) is 9.04. The Kier molecular flexibility index (Phi) is 7.04. The van der Waals surface area contributed by atoms with Gasteiger partial charge in [-0.25, -0.2) is 9.97 Å². The first-order valence-electron chi connectivity index (χ1n) is 12.6. The first-order valence-corrected chi connectivity index (χ1v) is 12.6. The maximum atomic E-state index is 13.6. The van der Waals surface area contributed by atoms with E-state index in [1.165, 1.54) is 0 Å². The van der Waals surface area contributed by atoms with Gasteiger partial charge in [0.15, 0.2) is 0 Å². The van der Waals surface area contributed by atoms with E-state index in [-0.39, 0.29) is 18.4 Å². The van der Waals surface area contributed by atoms with E-state index in [0.29, 0.717) is 25.2 Å². The summed E-state index contributed by atoms with van der Waals surface area (Å²) in [4.78, 5) is 24.9. The van der Waals surface area contributed by atoms with Gasteiger partial charge in [-0.15, -0.1) is 0 Å². The molecule has 188 valence electrons. The van der Waals surface area contributed by atoms with E-state index >= 15 is 0 Å². The Morgan fingerprint density at radius 1 is 1.16 bits per heavy atom. The van der Waals surface area contributed by atoms with E-state index < -0.39 is 0 Å². The molecule has 1 atom stereocenters. The van der Waals surface area contributed by atoms with Crippen molar-refractivity contribution >= 4 is 5.91 Å². The van der Waals surface area contributed by atoms with Crippen molar-refractivity contribution in [3.8, 4) is 23.1 Å². The molecular formula is C29H30N6O2. The molecule has 2 aromatic heterocycles. The molecule has 0 spiro atoms. The third-order valence-corrected chi connectivity index (χ3v) is 6.90. The van der Waals surface area contributed by atoms with Crippen molar-refractivity contribution in [1.82, 2.24) is 24.0 Å². The number of fused-ring (bicyclic) bond motifs is 1. The quantitative estimate of drug-likeness (QED) is 0.357. The maximum Gasteiger partial charge on any atom is 0.229 e. The lowest BCUT2D eigenvalue weighted by Crippen LogP contribution is -2.43. The fraction of sp³-hybridized carbons (Fsp3) is 0.310. The number of ether oxygens (including phenoxy) is 1. The molecule has 0 bridgehead atoms. The molecule has 8 heteroatoms. The zero-order valence-electron chi connectivity index (χ0n) is 21.2. The third-order valence-electron chi connectivity index (χ3n) is 6.90. The fourth-order valence-electron chi connectivity index (χ4n) is 5.00. The lowest BCUT2D eigenvalue weighted by molar-refractivity contribution is -0.134. The summed E-state index contributed by atoms with van der Waals surface area (Å²) in [5.41, 5.74) is 4.37. The third kappa shape index (κ3) is 4.98. The van der Waals surface area contributed by atoms with Gasteiger partial charge in [-0.3, -0.25) is 4.79 Å². The zero-order chi connectivity index (χ0) is 25.8. The highest BCUT2D eigenvalue weighted by atomic mass is 16.5. The summed E-state index contributed by atoms with van der Waals surface area (Å²) in [6.45, 7) is 4.08. The van der Waals surface area contributed by atoms with Gasteiger partial charge in [0, 0.05) is 43.3 Å². The number of carbonyl (C=O) groups excluding carboxylic acids is 1. The largest absolute Gasteiger partial charge is 0.496 e. The molecule has 0 N–H and O–H groups in total. The lowest BCUT2D eigenvalue weighted by Gasteiger charge is -2.36. The molecule has 0 aliphatic carbocycles. The monoisotopic (exact) mass is 494 g/mol. The minimum Gasteiger partial charge on any atom is -0.496 e. The number of hydrogen-bond acceptors (Lipinski definition) is 5. The number of nitrogens with zero attached hydrogens (tertiary/aromatic N) is 6. The Hall–Kier alpha value is -4.38. The van der Waals surface area contributed by atoms with Crippen molar-refractivity contribution in [3.63, 3.8) is 0 Å². The van der Waals surface area contributed by atoms with E-state index in [2.05, 4.69) is 28.7 Å². The second kappa shape index (κ2) is 10.7. The summed E-state index contributed by atoms with van der Waals surface area (Å²) >= 11 is 0. The Morgan fingerprint density at radius 2 is 1.97 bits per heavy atom. The number of amides is 1. The minimum atomic E-state index is -0.0791.